The van der Waals surface area contributed by atoms with E-state index in [1.807, 2.05) is 36.4 Å². The number of rotatable bonds is 3. The van der Waals surface area contributed by atoms with Crippen LogP contribution >= 0.6 is 0 Å². The van der Waals surface area contributed by atoms with Crippen LogP contribution in [-0.4, -0.2) is 23.2 Å². The molecule has 1 aliphatic rings. The van der Waals surface area contributed by atoms with E-state index in [-0.39, 0.29) is 5.91 Å². The number of hydrazone groups is 1. The number of ether oxygens (including phenoxy) is 1. The minimum absolute atomic E-state index is 0.237. The smallest absolute Gasteiger partial charge is 0.281 e. The maximum Gasteiger partial charge on any atom is 0.281 e. The van der Waals surface area contributed by atoms with Crippen LogP contribution in [0.2, 0.25) is 0 Å². The van der Waals surface area contributed by atoms with Gasteiger partial charge < -0.3 is 9.72 Å². The molecule has 1 atom stereocenters. The van der Waals surface area contributed by atoms with Gasteiger partial charge in [-0.05, 0) is 23.8 Å². The Morgan fingerprint density at radius 1 is 1.37 bits per heavy atom. The van der Waals surface area contributed by atoms with Crippen molar-refractivity contribution in [2.75, 3.05) is 0 Å². The second-order valence-corrected chi connectivity index (χ2v) is 4.28. The van der Waals surface area contributed by atoms with Crippen LogP contribution in [0.3, 0.4) is 0 Å². The van der Waals surface area contributed by atoms with E-state index in [2.05, 4.69) is 15.5 Å². The first-order chi connectivity index (χ1) is 9.33. The molecule has 19 heavy (non-hydrogen) atoms. The van der Waals surface area contributed by atoms with Gasteiger partial charge in [0.2, 0.25) is 0 Å². The van der Waals surface area contributed by atoms with Crippen LogP contribution in [-0.2, 0) is 11.2 Å². The zero-order chi connectivity index (χ0) is 13.1. The van der Waals surface area contributed by atoms with Gasteiger partial charge in [-0.1, -0.05) is 18.2 Å². The van der Waals surface area contributed by atoms with Gasteiger partial charge in [-0.25, -0.2) is 5.43 Å². The second kappa shape index (κ2) is 4.97. The first-order valence-corrected chi connectivity index (χ1v) is 6.04. The summed E-state index contributed by atoms with van der Waals surface area (Å²) < 4.78 is 5.56. The quantitative estimate of drug-likeness (QED) is 0.644. The summed E-state index contributed by atoms with van der Waals surface area (Å²) in [6.07, 6.45) is 3.43. The number of H-pyrrole nitrogens is 1. The van der Waals surface area contributed by atoms with Gasteiger partial charge in [-0.15, -0.1) is 0 Å². The monoisotopic (exact) mass is 255 g/mol. The number of aromatic nitrogens is 1. The average molecular weight is 255 g/mol. The average Bonchev–Trinajstić information content (AvgIpc) is 3.07. The zero-order valence-corrected chi connectivity index (χ0v) is 10.2. The van der Waals surface area contributed by atoms with Gasteiger partial charge in [-0.2, -0.15) is 5.10 Å². The fraction of sp³-hybridized carbons (Fsp3) is 0.143. The fourth-order valence-corrected chi connectivity index (χ4v) is 1.99. The highest BCUT2D eigenvalue weighted by atomic mass is 16.5. The number of nitrogens with zero attached hydrogens (tertiary/aromatic N) is 1. The van der Waals surface area contributed by atoms with Gasteiger partial charge in [0, 0.05) is 12.6 Å². The Hall–Kier alpha value is -2.56. The third kappa shape index (κ3) is 2.49. The van der Waals surface area contributed by atoms with Crippen LogP contribution in [0.1, 0.15) is 11.3 Å². The van der Waals surface area contributed by atoms with Crippen LogP contribution in [0.5, 0.6) is 5.75 Å². The van der Waals surface area contributed by atoms with E-state index in [9.17, 15) is 4.79 Å². The molecular weight excluding hydrogens is 242 g/mol. The minimum atomic E-state index is -0.502. The number of amides is 1. The van der Waals surface area contributed by atoms with E-state index in [1.54, 1.807) is 12.4 Å². The van der Waals surface area contributed by atoms with Gasteiger partial charge in [0.15, 0.2) is 6.10 Å². The molecule has 0 aliphatic carbocycles. The number of hydrogen-bond acceptors (Lipinski definition) is 3. The molecule has 1 aliphatic heterocycles. The van der Waals surface area contributed by atoms with E-state index in [1.165, 1.54) is 0 Å². The molecule has 1 aromatic heterocycles. The highest BCUT2D eigenvalue weighted by Gasteiger charge is 2.28. The van der Waals surface area contributed by atoms with Crippen molar-refractivity contribution in [1.82, 2.24) is 10.4 Å². The Balaban J connectivity index is 1.58. The Bertz CT molecular complexity index is 580. The van der Waals surface area contributed by atoms with Gasteiger partial charge in [-0.3, -0.25) is 4.79 Å². The van der Waals surface area contributed by atoms with E-state index in [0.29, 0.717) is 6.42 Å². The highest BCUT2D eigenvalue weighted by molar-refractivity contribution is 5.84. The first-order valence-electron chi connectivity index (χ1n) is 6.04. The van der Waals surface area contributed by atoms with E-state index < -0.39 is 6.10 Å². The number of carbonyl (C=O) groups excluding carboxylic acids is 1. The lowest BCUT2D eigenvalue weighted by molar-refractivity contribution is -0.127. The molecule has 0 bridgehead atoms. The van der Waals surface area contributed by atoms with Gasteiger partial charge >= 0.3 is 0 Å². The van der Waals surface area contributed by atoms with Crippen LogP contribution < -0.4 is 10.2 Å². The molecule has 0 radical (unpaired) electrons. The number of nitrogens with one attached hydrogen (secondary N) is 2. The summed E-state index contributed by atoms with van der Waals surface area (Å²) in [7, 11) is 0. The summed E-state index contributed by atoms with van der Waals surface area (Å²) in [4.78, 5) is 14.8. The first kappa shape index (κ1) is 11.5. The highest BCUT2D eigenvalue weighted by Crippen LogP contribution is 2.27. The largest absolute Gasteiger partial charge is 0.480 e. The summed E-state index contributed by atoms with van der Waals surface area (Å²) in [5, 5.41) is 3.89. The summed E-state index contributed by atoms with van der Waals surface area (Å²) in [5.41, 5.74) is 4.36. The lowest BCUT2D eigenvalue weighted by Crippen LogP contribution is -2.34. The van der Waals surface area contributed by atoms with Gasteiger partial charge in [0.05, 0.1) is 11.9 Å². The molecule has 2 aromatic rings. The Labute approximate surface area is 110 Å². The second-order valence-electron chi connectivity index (χ2n) is 4.28. The third-order valence-corrected chi connectivity index (χ3v) is 2.94. The van der Waals surface area contributed by atoms with Crippen molar-refractivity contribution in [1.29, 1.82) is 0 Å². The number of para-hydroxylation sites is 1. The Morgan fingerprint density at radius 2 is 2.26 bits per heavy atom. The van der Waals surface area contributed by atoms with Crippen molar-refractivity contribution >= 4 is 12.1 Å². The van der Waals surface area contributed by atoms with E-state index in [4.69, 9.17) is 4.74 Å². The predicted octanol–water partition coefficient (Wildman–Crippen LogP) is 1.47. The topological polar surface area (TPSA) is 66.5 Å². The van der Waals surface area contributed by atoms with Crippen LogP contribution in [0.25, 0.3) is 0 Å². The van der Waals surface area contributed by atoms with Crippen molar-refractivity contribution in [3.63, 3.8) is 0 Å². The van der Waals surface area contributed by atoms with E-state index in [0.717, 1.165) is 17.0 Å². The molecule has 5 nitrogen and oxygen atoms in total. The summed E-state index contributed by atoms with van der Waals surface area (Å²) in [6, 6.07) is 11.4. The minimum Gasteiger partial charge on any atom is -0.480 e. The van der Waals surface area contributed by atoms with Crippen LogP contribution in [0.4, 0.5) is 0 Å². The molecule has 3 rings (SSSR count). The number of benzene rings is 1. The Morgan fingerprint density at radius 3 is 3.05 bits per heavy atom. The zero-order valence-electron chi connectivity index (χ0n) is 10.2. The number of carbonyl (C=O) groups is 1. The molecule has 0 spiro atoms. The van der Waals surface area contributed by atoms with Crippen molar-refractivity contribution in [2.24, 2.45) is 5.10 Å². The van der Waals surface area contributed by atoms with E-state index >= 15 is 0 Å². The molecular formula is C14H13N3O2. The van der Waals surface area contributed by atoms with Crippen LogP contribution in [0, 0.1) is 0 Å². The molecule has 0 saturated carbocycles. The lowest BCUT2D eigenvalue weighted by atomic mass is 10.1. The molecule has 5 heteroatoms. The number of hydrogen-bond donors (Lipinski definition) is 2. The number of aromatic amines is 1. The maximum absolute atomic E-state index is 11.9. The molecule has 0 saturated heterocycles. The third-order valence-electron chi connectivity index (χ3n) is 2.94. The summed E-state index contributed by atoms with van der Waals surface area (Å²) in [5.74, 6) is 0.537. The molecule has 1 amide bonds. The molecule has 96 valence electrons. The molecule has 1 aromatic carbocycles. The number of fused-ring (bicyclic) bond motifs is 1. The molecule has 2 heterocycles. The normalized spacial score (nSPS) is 17.2. The van der Waals surface area contributed by atoms with Crippen molar-refractivity contribution < 1.29 is 9.53 Å². The van der Waals surface area contributed by atoms with Crippen LogP contribution in [0.15, 0.2) is 47.7 Å². The standard InChI is InChI=1S/C14H13N3O2/c18-14(17-16-9-11-5-3-7-15-11)13-8-10-4-1-2-6-12(10)19-13/h1-7,9,13,15H,8H2,(H,17,18)/b16-9+. The lowest BCUT2D eigenvalue weighted by Gasteiger charge is -2.07. The maximum atomic E-state index is 11.9. The molecule has 0 fully saturated rings. The predicted molar refractivity (Wildman–Crippen MR) is 71.1 cm³/mol. The fourth-order valence-electron chi connectivity index (χ4n) is 1.99. The molecule has 2 N–H and O–H groups in total. The van der Waals surface area contributed by atoms with Gasteiger partial charge in [0.1, 0.15) is 5.75 Å². The molecule has 1 unspecified atom stereocenters. The van der Waals surface area contributed by atoms with Crippen molar-refractivity contribution in [2.45, 2.75) is 12.5 Å². The van der Waals surface area contributed by atoms with Crippen molar-refractivity contribution in [3.8, 4) is 5.75 Å². The van der Waals surface area contributed by atoms with Crippen molar-refractivity contribution in [3.05, 3.63) is 53.9 Å². The summed E-state index contributed by atoms with van der Waals surface area (Å²) >= 11 is 0. The van der Waals surface area contributed by atoms with Gasteiger partial charge in [0.25, 0.3) is 5.91 Å². The SMILES string of the molecule is O=C(N/N=C/c1ccc[nH]1)C1Cc2ccccc2O1. The Kier molecular flexibility index (Phi) is 3.02. The summed E-state index contributed by atoms with van der Waals surface area (Å²) in [6.45, 7) is 0.